The molecule has 1 aliphatic heterocycles. The molecular weight excluding hydrogens is 236 g/mol. The fourth-order valence-electron chi connectivity index (χ4n) is 2.28. The Hall–Kier alpha value is -1.30. The number of aliphatic carboxylic acids is 1. The van der Waals surface area contributed by atoms with Crippen molar-refractivity contribution in [2.24, 2.45) is 11.8 Å². The molecule has 0 spiro atoms. The van der Waals surface area contributed by atoms with Gasteiger partial charge in [0, 0.05) is 32.6 Å². The van der Waals surface area contributed by atoms with Crippen LogP contribution in [0.3, 0.4) is 0 Å². The van der Waals surface area contributed by atoms with Crippen molar-refractivity contribution in [2.75, 3.05) is 19.8 Å². The van der Waals surface area contributed by atoms with Crippen molar-refractivity contribution in [3.8, 4) is 0 Å². The molecule has 2 aliphatic rings. The van der Waals surface area contributed by atoms with Crippen LogP contribution in [0.5, 0.6) is 0 Å². The van der Waals surface area contributed by atoms with Gasteiger partial charge in [-0.25, -0.2) is 9.59 Å². The summed E-state index contributed by atoms with van der Waals surface area (Å²) in [6.07, 6.45) is 1.77. The molecule has 1 heterocycles. The van der Waals surface area contributed by atoms with Gasteiger partial charge in [0.25, 0.3) is 0 Å². The van der Waals surface area contributed by atoms with Crippen LogP contribution in [0.4, 0.5) is 4.79 Å². The smallest absolute Gasteiger partial charge is 0.329 e. The largest absolute Gasteiger partial charge is 0.480 e. The summed E-state index contributed by atoms with van der Waals surface area (Å²) in [6.45, 7) is 3.50. The molecule has 2 rings (SSSR count). The van der Waals surface area contributed by atoms with E-state index in [1.807, 2.05) is 0 Å². The Labute approximate surface area is 106 Å². The molecular formula is C12H20N2O4. The van der Waals surface area contributed by atoms with E-state index in [2.05, 4.69) is 17.6 Å². The summed E-state index contributed by atoms with van der Waals surface area (Å²) >= 11 is 0. The van der Waals surface area contributed by atoms with Crippen LogP contribution < -0.4 is 10.6 Å². The average molecular weight is 256 g/mol. The van der Waals surface area contributed by atoms with Crippen molar-refractivity contribution >= 4 is 12.0 Å². The summed E-state index contributed by atoms with van der Waals surface area (Å²) < 4.78 is 5.14. The third kappa shape index (κ3) is 2.93. The molecule has 6 nitrogen and oxygen atoms in total. The summed E-state index contributed by atoms with van der Waals surface area (Å²) in [5.41, 5.74) is -1.17. The molecule has 0 radical (unpaired) electrons. The van der Waals surface area contributed by atoms with E-state index in [-0.39, 0.29) is 0 Å². The number of nitrogens with one attached hydrogen (secondary N) is 2. The van der Waals surface area contributed by atoms with Gasteiger partial charge in [-0.3, -0.25) is 0 Å². The first-order valence-corrected chi connectivity index (χ1v) is 6.41. The zero-order valence-corrected chi connectivity index (χ0v) is 10.6. The third-order valence-corrected chi connectivity index (χ3v) is 3.91. The van der Waals surface area contributed by atoms with Gasteiger partial charge in [-0.05, 0) is 18.3 Å². The third-order valence-electron chi connectivity index (χ3n) is 3.91. The minimum atomic E-state index is -1.17. The summed E-state index contributed by atoms with van der Waals surface area (Å²) in [5.74, 6) is 0.230. The maximum Gasteiger partial charge on any atom is 0.329 e. The van der Waals surface area contributed by atoms with E-state index in [0.717, 1.165) is 6.42 Å². The minimum Gasteiger partial charge on any atom is -0.480 e. The molecule has 18 heavy (non-hydrogen) atoms. The number of carbonyl (C=O) groups is 2. The van der Waals surface area contributed by atoms with Crippen LogP contribution in [-0.2, 0) is 9.53 Å². The Morgan fingerprint density at radius 3 is 2.50 bits per heavy atom. The Morgan fingerprint density at radius 2 is 2.00 bits per heavy atom. The first-order chi connectivity index (χ1) is 8.53. The van der Waals surface area contributed by atoms with Gasteiger partial charge in [0.2, 0.25) is 0 Å². The van der Waals surface area contributed by atoms with Gasteiger partial charge in [0.05, 0.1) is 0 Å². The molecule has 1 saturated carbocycles. The van der Waals surface area contributed by atoms with Crippen LogP contribution in [0.15, 0.2) is 0 Å². The molecule has 102 valence electrons. The van der Waals surface area contributed by atoms with Gasteiger partial charge < -0.3 is 20.5 Å². The number of rotatable bonds is 4. The van der Waals surface area contributed by atoms with Crippen molar-refractivity contribution in [1.29, 1.82) is 0 Å². The predicted octanol–water partition coefficient (Wildman–Crippen LogP) is 0.575. The molecule has 3 N–H and O–H groups in total. The average Bonchev–Trinajstić information content (AvgIpc) is 3.04. The zero-order chi connectivity index (χ0) is 13.2. The molecule has 1 saturated heterocycles. The maximum atomic E-state index is 11.7. The van der Waals surface area contributed by atoms with Crippen molar-refractivity contribution in [3.63, 3.8) is 0 Å². The standard InChI is InChI=1S/C12H20N2O4/c1-8-6-9(8)7-13-11(17)14-12(10(15)16)2-4-18-5-3-12/h8-9H,2-7H2,1H3,(H,15,16)(H2,13,14,17). The van der Waals surface area contributed by atoms with Crippen LogP contribution in [0, 0.1) is 11.8 Å². The van der Waals surface area contributed by atoms with Gasteiger partial charge in [-0.2, -0.15) is 0 Å². The van der Waals surface area contributed by atoms with E-state index in [1.54, 1.807) is 0 Å². The Balaban J connectivity index is 1.84. The van der Waals surface area contributed by atoms with E-state index in [4.69, 9.17) is 4.74 Å². The summed E-state index contributed by atoms with van der Waals surface area (Å²) in [6, 6.07) is -0.390. The molecule has 2 unspecified atom stereocenters. The first kappa shape index (κ1) is 13.1. The Kier molecular flexibility index (Phi) is 3.75. The highest BCUT2D eigenvalue weighted by Gasteiger charge is 2.42. The lowest BCUT2D eigenvalue weighted by molar-refractivity contribution is -0.148. The molecule has 2 fully saturated rings. The zero-order valence-electron chi connectivity index (χ0n) is 10.6. The second-order valence-corrected chi connectivity index (χ2v) is 5.31. The molecule has 0 aromatic carbocycles. The summed E-state index contributed by atoms with van der Waals surface area (Å²) in [4.78, 5) is 23.0. The predicted molar refractivity (Wildman–Crippen MR) is 64.2 cm³/mol. The number of urea groups is 1. The lowest BCUT2D eigenvalue weighted by Crippen LogP contribution is -2.59. The van der Waals surface area contributed by atoms with E-state index in [9.17, 15) is 14.7 Å². The lowest BCUT2D eigenvalue weighted by atomic mass is 9.90. The highest BCUT2D eigenvalue weighted by Crippen LogP contribution is 2.36. The van der Waals surface area contributed by atoms with Crippen LogP contribution in [0.2, 0.25) is 0 Å². The number of carboxylic acid groups (broad SMARTS) is 1. The molecule has 0 aromatic rings. The maximum absolute atomic E-state index is 11.7. The second kappa shape index (κ2) is 5.14. The van der Waals surface area contributed by atoms with Crippen LogP contribution in [0.25, 0.3) is 0 Å². The molecule has 2 atom stereocenters. The number of hydrogen-bond donors (Lipinski definition) is 3. The van der Waals surface area contributed by atoms with Crippen molar-refractivity contribution in [3.05, 3.63) is 0 Å². The summed E-state index contributed by atoms with van der Waals surface area (Å²) in [5, 5.41) is 14.6. The van der Waals surface area contributed by atoms with E-state index in [1.165, 1.54) is 0 Å². The van der Waals surface area contributed by atoms with Crippen LogP contribution >= 0.6 is 0 Å². The van der Waals surface area contributed by atoms with Gasteiger partial charge in [-0.1, -0.05) is 6.92 Å². The lowest BCUT2D eigenvalue weighted by Gasteiger charge is -2.33. The Bertz CT molecular complexity index is 339. The van der Waals surface area contributed by atoms with Gasteiger partial charge in [0.15, 0.2) is 0 Å². The van der Waals surface area contributed by atoms with E-state index >= 15 is 0 Å². The molecule has 0 bridgehead atoms. The highest BCUT2D eigenvalue weighted by molar-refractivity contribution is 5.86. The SMILES string of the molecule is CC1CC1CNC(=O)NC1(C(=O)O)CCOCC1. The fraction of sp³-hybridized carbons (Fsp3) is 0.833. The van der Waals surface area contributed by atoms with Crippen LogP contribution in [0.1, 0.15) is 26.2 Å². The molecule has 2 amide bonds. The Morgan fingerprint density at radius 1 is 1.39 bits per heavy atom. The van der Waals surface area contributed by atoms with Crippen molar-refractivity contribution in [1.82, 2.24) is 10.6 Å². The molecule has 0 aromatic heterocycles. The van der Waals surface area contributed by atoms with Crippen molar-refractivity contribution < 1.29 is 19.4 Å². The number of ether oxygens (including phenoxy) is 1. The highest BCUT2D eigenvalue weighted by atomic mass is 16.5. The first-order valence-electron chi connectivity index (χ1n) is 6.41. The van der Waals surface area contributed by atoms with E-state index < -0.39 is 17.5 Å². The number of hydrogen-bond acceptors (Lipinski definition) is 3. The molecule has 1 aliphatic carbocycles. The van der Waals surface area contributed by atoms with Gasteiger partial charge in [0.1, 0.15) is 5.54 Å². The van der Waals surface area contributed by atoms with Gasteiger partial charge in [-0.15, -0.1) is 0 Å². The second-order valence-electron chi connectivity index (χ2n) is 5.31. The molecule has 6 heteroatoms. The fourth-order valence-corrected chi connectivity index (χ4v) is 2.28. The number of carboxylic acids is 1. The van der Waals surface area contributed by atoms with Crippen molar-refractivity contribution in [2.45, 2.75) is 31.7 Å². The topological polar surface area (TPSA) is 87.7 Å². The monoisotopic (exact) mass is 256 g/mol. The van der Waals surface area contributed by atoms with Gasteiger partial charge >= 0.3 is 12.0 Å². The number of carbonyl (C=O) groups excluding carboxylic acids is 1. The summed E-state index contributed by atoms with van der Waals surface area (Å²) in [7, 11) is 0. The minimum absolute atomic E-state index is 0.315. The van der Waals surface area contributed by atoms with E-state index in [0.29, 0.717) is 44.4 Å². The quantitative estimate of drug-likeness (QED) is 0.686. The van der Waals surface area contributed by atoms with Crippen LogP contribution in [-0.4, -0.2) is 42.4 Å². The number of amides is 2. The normalized spacial score (nSPS) is 29.4.